The number of phenols is 5. The SMILES string of the molecule is O=C1C=CC2=C3c4cc(O)c(O)cc4CC3(O)COC2=C1O.O=c1c(O)c(-c2ccc(O)c(O)c2)oc2cc(O)ccc12. The highest BCUT2D eigenvalue weighted by Crippen LogP contribution is 2.50. The first-order chi connectivity index (χ1) is 20.4. The number of carbonyl (C=O) groups excluding carboxylic acids is 1. The fraction of sp³-hybridized carbons (Fsp3) is 0.0968. The smallest absolute Gasteiger partial charge is 0.235 e. The molecule has 1 aromatic heterocycles. The number of aliphatic hydroxyl groups excluding tert-OH is 1. The number of ether oxygens (including phenoxy) is 1. The van der Waals surface area contributed by atoms with Crippen LogP contribution < -0.4 is 5.43 Å². The highest BCUT2D eigenvalue weighted by atomic mass is 16.5. The van der Waals surface area contributed by atoms with E-state index in [-0.39, 0.29) is 64.1 Å². The van der Waals surface area contributed by atoms with Gasteiger partial charge in [0.15, 0.2) is 34.5 Å². The number of phenolic OH excluding ortho intramolecular Hbond substituents is 5. The summed E-state index contributed by atoms with van der Waals surface area (Å²) in [5, 5.41) is 78.4. The second-order valence-electron chi connectivity index (χ2n) is 10.2. The molecule has 0 spiro atoms. The lowest BCUT2D eigenvalue weighted by Crippen LogP contribution is -2.39. The van der Waals surface area contributed by atoms with Crippen molar-refractivity contribution in [1.29, 1.82) is 0 Å². The molecule has 7 rings (SSSR count). The van der Waals surface area contributed by atoms with E-state index < -0.39 is 34.1 Å². The molecule has 218 valence electrons. The molecule has 12 heteroatoms. The molecule has 0 radical (unpaired) electrons. The van der Waals surface area contributed by atoms with Gasteiger partial charge in [0.25, 0.3) is 0 Å². The van der Waals surface area contributed by atoms with Crippen LogP contribution in [-0.4, -0.2) is 58.8 Å². The average Bonchev–Trinajstić information content (AvgIpc) is 3.25. The van der Waals surface area contributed by atoms with Gasteiger partial charge >= 0.3 is 0 Å². The Hall–Kier alpha value is -5.88. The lowest BCUT2D eigenvalue weighted by molar-refractivity contribution is -0.114. The van der Waals surface area contributed by atoms with E-state index in [0.29, 0.717) is 22.3 Å². The normalized spacial score (nSPS) is 18.5. The molecular formula is C31H22O12. The van der Waals surface area contributed by atoms with Crippen LogP contribution in [0, 0.1) is 0 Å². The van der Waals surface area contributed by atoms with E-state index in [1.807, 2.05) is 0 Å². The summed E-state index contributed by atoms with van der Waals surface area (Å²) in [6.45, 7) is -0.122. The standard InChI is InChI=1S/C16H12O6.C15H10O6/c17-10-2-1-8-13-9-4-12(19)11(18)3-7(9)5-16(13,21)6-22-15(8)14(10)20;16-8-2-3-9-12(6-8)21-15(14(20)13(9)19)7-1-4-10(17)11(18)5-7/h1-4,18-21H,5-6H2;1-6,16-18,20H. The van der Waals surface area contributed by atoms with Crippen LogP contribution >= 0.6 is 0 Å². The van der Waals surface area contributed by atoms with E-state index in [0.717, 1.165) is 6.07 Å². The van der Waals surface area contributed by atoms with Gasteiger partial charge in [0.05, 0.1) is 5.39 Å². The molecule has 2 aliphatic carbocycles. The Morgan fingerprint density at radius 2 is 1.49 bits per heavy atom. The van der Waals surface area contributed by atoms with Gasteiger partial charge in [-0.1, -0.05) is 0 Å². The van der Waals surface area contributed by atoms with E-state index >= 15 is 0 Å². The van der Waals surface area contributed by atoms with E-state index in [2.05, 4.69) is 0 Å². The fourth-order valence-corrected chi connectivity index (χ4v) is 5.29. The van der Waals surface area contributed by atoms with E-state index in [1.165, 1.54) is 54.6 Å². The number of benzene rings is 3. The highest BCUT2D eigenvalue weighted by molar-refractivity contribution is 6.06. The molecule has 0 bridgehead atoms. The van der Waals surface area contributed by atoms with Crippen molar-refractivity contribution in [1.82, 2.24) is 0 Å². The average molecular weight is 587 g/mol. The van der Waals surface area contributed by atoms with Gasteiger partial charge in [0.1, 0.15) is 23.5 Å². The van der Waals surface area contributed by atoms with Crippen LogP contribution in [0.5, 0.6) is 34.5 Å². The van der Waals surface area contributed by atoms with Crippen molar-refractivity contribution >= 4 is 22.3 Å². The lowest BCUT2D eigenvalue weighted by Gasteiger charge is -2.33. The first kappa shape index (κ1) is 27.3. The number of rotatable bonds is 1. The van der Waals surface area contributed by atoms with E-state index in [9.17, 15) is 50.4 Å². The van der Waals surface area contributed by atoms with Crippen LogP contribution in [0.2, 0.25) is 0 Å². The Bertz CT molecular complexity index is 2030. The first-order valence-electron chi connectivity index (χ1n) is 12.7. The fourth-order valence-electron chi connectivity index (χ4n) is 5.29. The molecule has 2 heterocycles. The Morgan fingerprint density at radius 3 is 2.23 bits per heavy atom. The molecule has 1 aliphatic heterocycles. The molecule has 4 aromatic rings. The predicted octanol–water partition coefficient (Wildman–Crippen LogP) is 3.36. The molecule has 0 saturated carbocycles. The molecule has 3 aromatic carbocycles. The van der Waals surface area contributed by atoms with Crippen LogP contribution in [0.4, 0.5) is 0 Å². The van der Waals surface area contributed by atoms with Crippen molar-refractivity contribution in [2.75, 3.05) is 6.61 Å². The molecule has 0 amide bonds. The zero-order valence-electron chi connectivity index (χ0n) is 21.9. The second-order valence-corrected chi connectivity index (χ2v) is 10.2. The molecule has 1 atom stereocenters. The summed E-state index contributed by atoms with van der Waals surface area (Å²) < 4.78 is 10.8. The number of fused-ring (bicyclic) bond motifs is 5. The predicted molar refractivity (Wildman–Crippen MR) is 150 cm³/mol. The summed E-state index contributed by atoms with van der Waals surface area (Å²) in [6, 6.07) is 10.4. The van der Waals surface area contributed by atoms with Crippen LogP contribution in [-0.2, 0) is 16.0 Å². The third kappa shape index (κ3) is 4.37. The second kappa shape index (κ2) is 9.60. The topological polar surface area (TPSA) is 218 Å². The van der Waals surface area contributed by atoms with Gasteiger partial charge in [0.2, 0.25) is 22.7 Å². The summed E-state index contributed by atoms with van der Waals surface area (Å²) >= 11 is 0. The first-order valence-corrected chi connectivity index (χ1v) is 12.7. The largest absolute Gasteiger partial charge is 0.508 e. The molecule has 12 nitrogen and oxygen atoms in total. The van der Waals surface area contributed by atoms with Crippen LogP contribution in [0.1, 0.15) is 11.1 Å². The number of hydrogen-bond donors (Lipinski definition) is 8. The minimum Gasteiger partial charge on any atom is -0.508 e. The van der Waals surface area contributed by atoms with Gasteiger partial charge in [0, 0.05) is 29.2 Å². The van der Waals surface area contributed by atoms with E-state index in [4.69, 9.17) is 9.15 Å². The number of carbonyl (C=O) groups is 1. The number of ketones is 1. The van der Waals surface area contributed by atoms with Gasteiger partial charge in [-0.25, -0.2) is 0 Å². The zero-order valence-corrected chi connectivity index (χ0v) is 21.9. The molecule has 0 fully saturated rings. The number of aliphatic hydroxyl groups is 2. The van der Waals surface area contributed by atoms with Crippen LogP contribution in [0.15, 0.2) is 87.0 Å². The minimum atomic E-state index is -1.33. The number of hydrogen-bond acceptors (Lipinski definition) is 12. The number of allylic oxidation sites excluding steroid dienone is 2. The lowest BCUT2D eigenvalue weighted by atomic mass is 9.85. The maximum atomic E-state index is 12.1. The van der Waals surface area contributed by atoms with E-state index in [1.54, 1.807) is 0 Å². The van der Waals surface area contributed by atoms with Crippen molar-refractivity contribution in [2.24, 2.45) is 0 Å². The molecule has 3 aliphatic rings. The van der Waals surface area contributed by atoms with Crippen molar-refractivity contribution in [3.8, 4) is 45.8 Å². The number of aromatic hydroxyl groups is 6. The molecule has 43 heavy (non-hydrogen) atoms. The summed E-state index contributed by atoms with van der Waals surface area (Å²) in [7, 11) is 0. The van der Waals surface area contributed by atoms with Gasteiger partial charge in [-0.3, -0.25) is 9.59 Å². The minimum absolute atomic E-state index is 0.0348. The van der Waals surface area contributed by atoms with Crippen molar-refractivity contribution in [3.05, 3.63) is 99.1 Å². The summed E-state index contributed by atoms with van der Waals surface area (Å²) in [5.41, 5.74) is 0.454. The quantitative estimate of drug-likeness (QED) is 0.151. The maximum absolute atomic E-state index is 12.1. The van der Waals surface area contributed by atoms with Gasteiger partial charge in [-0.15, -0.1) is 0 Å². The Balaban J connectivity index is 0.000000153. The summed E-state index contributed by atoms with van der Waals surface area (Å²) in [6.07, 6.45) is 2.90. The van der Waals surface area contributed by atoms with Crippen molar-refractivity contribution in [3.63, 3.8) is 0 Å². The van der Waals surface area contributed by atoms with Crippen molar-refractivity contribution in [2.45, 2.75) is 12.0 Å². The Kier molecular flexibility index (Phi) is 6.09. The molecule has 1 unspecified atom stereocenters. The summed E-state index contributed by atoms with van der Waals surface area (Å²) in [4.78, 5) is 23.6. The third-order valence-corrected chi connectivity index (χ3v) is 7.33. The van der Waals surface area contributed by atoms with Crippen molar-refractivity contribution < 1.29 is 54.8 Å². The Labute approximate surface area is 240 Å². The molecular weight excluding hydrogens is 564 g/mol. The van der Waals surface area contributed by atoms with Gasteiger partial charge < -0.3 is 50.0 Å². The molecule has 0 saturated heterocycles. The van der Waals surface area contributed by atoms with Gasteiger partial charge in [-0.2, -0.15) is 0 Å². The third-order valence-electron chi connectivity index (χ3n) is 7.33. The maximum Gasteiger partial charge on any atom is 0.235 e. The van der Waals surface area contributed by atoms with Gasteiger partial charge in [-0.05, 0) is 65.7 Å². The van der Waals surface area contributed by atoms with Crippen LogP contribution in [0.25, 0.3) is 27.9 Å². The monoisotopic (exact) mass is 586 g/mol. The van der Waals surface area contributed by atoms with Crippen LogP contribution in [0.3, 0.4) is 0 Å². The Morgan fingerprint density at radius 1 is 0.767 bits per heavy atom. The highest BCUT2D eigenvalue weighted by Gasteiger charge is 2.47. The molecule has 8 N–H and O–H groups in total. The zero-order chi connectivity index (χ0) is 30.8. The summed E-state index contributed by atoms with van der Waals surface area (Å²) in [5.74, 6) is -3.19.